The molecule has 0 bridgehead atoms. The number of alkyl halides is 3. The molecule has 0 saturated carbocycles. The number of hydrogen-bond donors (Lipinski definition) is 2. The van der Waals surface area contributed by atoms with Crippen molar-refractivity contribution in [1.29, 1.82) is 0 Å². The Hall–Kier alpha value is -4.58. The molecule has 3 aromatic heterocycles. The Morgan fingerprint density at radius 1 is 1.07 bits per heavy atom. The number of likely N-dealkylation sites (N-methyl/N-ethyl adjacent to an activating group) is 1. The molecule has 4 rings (SSSR count). The summed E-state index contributed by atoms with van der Waals surface area (Å²) in [6.07, 6.45) is 0.0528. The van der Waals surface area contributed by atoms with Gasteiger partial charge in [0.05, 0.1) is 0 Å². The molecule has 40 heavy (non-hydrogen) atoms. The molecule has 0 fully saturated rings. The van der Waals surface area contributed by atoms with Crippen LogP contribution in [-0.4, -0.2) is 58.8 Å². The fraction of sp³-hybridized carbons (Fsp3) is 0.250. The maximum atomic E-state index is 13.0. The van der Waals surface area contributed by atoms with E-state index in [0.29, 0.717) is 40.6 Å². The minimum Gasteiger partial charge on any atom is -0.492 e. The van der Waals surface area contributed by atoms with Crippen LogP contribution in [0.5, 0.6) is 5.75 Å². The summed E-state index contributed by atoms with van der Waals surface area (Å²) in [5.41, 5.74) is 7.66. The molecule has 9 nitrogen and oxygen atoms in total. The first-order valence-corrected chi connectivity index (χ1v) is 12.2. The number of aromatic nitrogens is 3. The van der Waals surface area contributed by atoms with Crippen LogP contribution in [-0.2, 0) is 14.1 Å². The summed E-state index contributed by atoms with van der Waals surface area (Å²) in [5, 5.41) is 0.408. The van der Waals surface area contributed by atoms with Gasteiger partial charge in [0.2, 0.25) is 0 Å². The zero-order chi connectivity index (χ0) is 29.2. The molecule has 3 N–H and O–H groups in total. The number of nitrogens with two attached hydrogens (primary N) is 1. The van der Waals surface area contributed by atoms with Crippen LogP contribution in [0.25, 0.3) is 38.7 Å². The summed E-state index contributed by atoms with van der Waals surface area (Å²) in [7, 11) is 7.09. The van der Waals surface area contributed by atoms with Gasteiger partial charge in [-0.1, -0.05) is 12.1 Å². The minimum atomic E-state index is -4.79. The van der Waals surface area contributed by atoms with Gasteiger partial charge >= 0.3 is 6.30 Å². The Labute approximate surface area is 227 Å². The van der Waals surface area contributed by atoms with E-state index in [-0.39, 0.29) is 22.3 Å². The molecule has 3 heterocycles. The van der Waals surface area contributed by atoms with Crippen LogP contribution in [0.1, 0.15) is 5.69 Å². The average Bonchev–Trinajstić information content (AvgIpc) is 3.33. The Kier molecular flexibility index (Phi) is 8.01. The lowest BCUT2D eigenvalue weighted by Gasteiger charge is -2.15. The number of halogens is 3. The van der Waals surface area contributed by atoms with Gasteiger partial charge in [-0.05, 0) is 43.4 Å². The Bertz CT molecular complexity index is 1730. The van der Waals surface area contributed by atoms with Crippen molar-refractivity contribution >= 4 is 22.7 Å². The van der Waals surface area contributed by atoms with Crippen LogP contribution < -0.4 is 21.6 Å². The Balaban J connectivity index is 1.91. The number of aromatic amines is 1. The highest BCUT2D eigenvalue weighted by Gasteiger charge is 2.25. The molecular weight excluding hydrogens is 525 g/mol. The third kappa shape index (κ3) is 6.18. The predicted octanol–water partition coefficient (Wildman–Crippen LogP) is 3.73. The molecule has 1 aromatic carbocycles. The number of H-pyrrole nitrogens is 1. The first-order valence-electron chi connectivity index (χ1n) is 12.2. The number of aliphatic imine (C=N–C) groups is 1. The second-order valence-electron chi connectivity index (χ2n) is 9.51. The maximum Gasteiger partial charge on any atom is 0.503 e. The monoisotopic (exact) mass is 554 g/mol. The summed E-state index contributed by atoms with van der Waals surface area (Å²) >= 11 is 0. The highest BCUT2D eigenvalue weighted by atomic mass is 19.4. The van der Waals surface area contributed by atoms with Crippen molar-refractivity contribution in [3.05, 3.63) is 81.4 Å². The lowest BCUT2D eigenvalue weighted by Crippen LogP contribution is -2.19. The molecule has 0 saturated heterocycles. The average molecular weight is 555 g/mol. The number of aryl methyl sites for hydroxylation is 2. The van der Waals surface area contributed by atoms with Gasteiger partial charge in [-0.3, -0.25) is 9.59 Å². The molecule has 0 aliphatic carbocycles. The number of allylic oxidation sites excluding steroid dienone is 1. The number of hydrogen-bond acceptors (Lipinski definition) is 6. The summed E-state index contributed by atoms with van der Waals surface area (Å²) in [6, 6.07) is 10.4. The summed E-state index contributed by atoms with van der Waals surface area (Å²) in [6.45, 7) is 1.22. The Morgan fingerprint density at radius 2 is 1.80 bits per heavy atom. The lowest BCUT2D eigenvalue weighted by atomic mass is 9.95. The molecule has 4 aromatic rings. The third-order valence-electron chi connectivity index (χ3n) is 6.28. The lowest BCUT2D eigenvalue weighted by molar-refractivity contribution is -0.118. The van der Waals surface area contributed by atoms with Crippen molar-refractivity contribution in [3.63, 3.8) is 0 Å². The van der Waals surface area contributed by atoms with Crippen molar-refractivity contribution in [2.45, 2.75) is 6.30 Å². The molecule has 12 heteroatoms. The van der Waals surface area contributed by atoms with Crippen molar-refractivity contribution in [2.75, 3.05) is 27.2 Å². The predicted molar refractivity (Wildman–Crippen MR) is 150 cm³/mol. The minimum absolute atomic E-state index is 0.0618. The highest BCUT2D eigenvalue weighted by molar-refractivity contribution is 6.11. The second-order valence-corrected chi connectivity index (χ2v) is 9.51. The number of pyridine rings is 2. The van der Waals surface area contributed by atoms with Crippen LogP contribution in [0.3, 0.4) is 0 Å². The fourth-order valence-electron chi connectivity index (χ4n) is 4.23. The summed E-state index contributed by atoms with van der Waals surface area (Å²) < 4.78 is 46.8. The first kappa shape index (κ1) is 28.4. The van der Waals surface area contributed by atoms with Gasteiger partial charge in [-0.25, -0.2) is 0 Å². The highest BCUT2D eigenvalue weighted by Crippen LogP contribution is 2.36. The largest absolute Gasteiger partial charge is 0.503 e. The van der Waals surface area contributed by atoms with E-state index in [4.69, 9.17) is 10.5 Å². The molecule has 0 aliphatic heterocycles. The maximum absolute atomic E-state index is 13.0. The van der Waals surface area contributed by atoms with Crippen LogP contribution in [0.15, 0.2) is 69.6 Å². The number of nitrogens with zero attached hydrogens (tertiary/aromatic N) is 4. The van der Waals surface area contributed by atoms with Crippen molar-refractivity contribution in [3.8, 4) is 28.0 Å². The van der Waals surface area contributed by atoms with E-state index in [2.05, 4.69) is 9.98 Å². The quantitative estimate of drug-likeness (QED) is 0.255. The van der Waals surface area contributed by atoms with Crippen LogP contribution in [0, 0.1) is 0 Å². The molecule has 0 amide bonds. The fourth-order valence-corrected chi connectivity index (χ4v) is 4.23. The van der Waals surface area contributed by atoms with Crippen molar-refractivity contribution < 1.29 is 17.9 Å². The molecule has 0 radical (unpaired) electrons. The van der Waals surface area contributed by atoms with E-state index in [9.17, 15) is 22.8 Å². The number of fused-ring (bicyclic) bond motifs is 1. The van der Waals surface area contributed by atoms with Gasteiger partial charge < -0.3 is 29.5 Å². The Morgan fingerprint density at radius 3 is 2.48 bits per heavy atom. The van der Waals surface area contributed by atoms with Gasteiger partial charge in [0.15, 0.2) is 0 Å². The van der Waals surface area contributed by atoms with Crippen molar-refractivity contribution in [1.82, 2.24) is 19.0 Å². The standard InChI is InChI=1S/C28H29F3N6O3/c1-35(2)8-9-40-19-7-5-6-17(10-19)22-15-36(3)25(38)12-20(22)23-16-37(4)27(39)26-21(23)11-24(34-26)18(13-32)14-33-28(29,30)31/h5-7,10-16,34H,8-9,32H2,1-4H3. The van der Waals surface area contributed by atoms with Crippen LogP contribution in [0.2, 0.25) is 0 Å². The molecule has 0 aliphatic rings. The van der Waals surface area contributed by atoms with Gasteiger partial charge in [0, 0.05) is 79.3 Å². The van der Waals surface area contributed by atoms with E-state index in [0.717, 1.165) is 18.3 Å². The zero-order valence-corrected chi connectivity index (χ0v) is 22.4. The molecule has 0 unspecified atom stereocenters. The van der Waals surface area contributed by atoms with E-state index in [1.54, 1.807) is 26.5 Å². The molecular formula is C28H29F3N6O3. The molecule has 0 spiro atoms. The molecule has 210 valence electrons. The van der Waals surface area contributed by atoms with Gasteiger partial charge in [-0.15, -0.1) is 13.2 Å². The van der Waals surface area contributed by atoms with E-state index in [1.165, 1.54) is 21.3 Å². The number of nitrogens with one attached hydrogen (secondary N) is 1. The van der Waals surface area contributed by atoms with Crippen LogP contribution in [0.4, 0.5) is 13.2 Å². The third-order valence-corrected chi connectivity index (χ3v) is 6.28. The van der Waals surface area contributed by atoms with Crippen LogP contribution >= 0.6 is 0 Å². The van der Waals surface area contributed by atoms with E-state index < -0.39 is 11.9 Å². The SMILES string of the molecule is CN(C)CCOc1cccc(-c2cn(C)c(=O)cc2-c2cn(C)c(=O)c3[nH]c(C(C=NC(F)(F)F)=CN)cc23)c1. The zero-order valence-electron chi connectivity index (χ0n) is 22.4. The topological polar surface area (TPSA) is 111 Å². The normalized spacial score (nSPS) is 12.7. The smallest absolute Gasteiger partial charge is 0.492 e. The molecule has 0 atom stereocenters. The number of ether oxygens (including phenoxy) is 1. The van der Waals surface area contributed by atoms with E-state index >= 15 is 0 Å². The second kappa shape index (κ2) is 11.3. The van der Waals surface area contributed by atoms with Gasteiger partial charge in [0.25, 0.3) is 11.1 Å². The van der Waals surface area contributed by atoms with Crippen molar-refractivity contribution in [2.24, 2.45) is 24.8 Å². The number of rotatable bonds is 8. The summed E-state index contributed by atoms with van der Waals surface area (Å²) in [4.78, 5) is 33.3. The van der Waals surface area contributed by atoms with Gasteiger partial charge in [0.1, 0.15) is 17.9 Å². The number of benzene rings is 1. The van der Waals surface area contributed by atoms with E-state index in [1.807, 2.05) is 43.3 Å². The summed E-state index contributed by atoms with van der Waals surface area (Å²) in [5.74, 6) is 0.648. The van der Waals surface area contributed by atoms with Gasteiger partial charge in [-0.2, -0.15) is 4.99 Å². The first-order chi connectivity index (χ1) is 18.9.